The minimum absolute atomic E-state index is 0.448. The molecule has 1 amide bonds. The van der Waals surface area contributed by atoms with Gasteiger partial charge in [0.15, 0.2) is 0 Å². The number of benzene rings is 1. The molecule has 0 atom stereocenters. The first-order chi connectivity index (χ1) is 8.01. The fourth-order valence-corrected chi connectivity index (χ4v) is 2.06. The Kier molecular flexibility index (Phi) is 4.37. The molecule has 4 N–H and O–H groups in total. The number of anilines is 2. The molecule has 1 rings (SSSR count). The van der Waals surface area contributed by atoms with E-state index in [9.17, 15) is 4.79 Å². The van der Waals surface area contributed by atoms with Crippen LogP contribution < -0.4 is 16.4 Å². The predicted molar refractivity (Wildman–Crippen MR) is 72.1 cm³/mol. The summed E-state index contributed by atoms with van der Waals surface area (Å²) in [6.07, 6.45) is 2.12. The maximum Gasteiger partial charge on any atom is 0.248 e. The van der Waals surface area contributed by atoms with Crippen molar-refractivity contribution in [3.05, 3.63) is 23.8 Å². The first-order valence-corrected chi connectivity index (χ1v) is 5.93. The second-order valence-corrected chi connectivity index (χ2v) is 4.22. The third-order valence-electron chi connectivity index (χ3n) is 3.18. The van der Waals surface area contributed by atoms with Crippen molar-refractivity contribution in [3.63, 3.8) is 0 Å². The number of rotatable bonds is 5. The van der Waals surface area contributed by atoms with Gasteiger partial charge in [0.1, 0.15) is 0 Å². The zero-order valence-corrected chi connectivity index (χ0v) is 10.7. The van der Waals surface area contributed by atoms with E-state index in [2.05, 4.69) is 18.7 Å². The zero-order valence-electron chi connectivity index (χ0n) is 10.7. The third kappa shape index (κ3) is 2.90. The van der Waals surface area contributed by atoms with Crippen LogP contribution in [0.4, 0.5) is 11.4 Å². The summed E-state index contributed by atoms with van der Waals surface area (Å²) in [4.78, 5) is 13.2. The molecule has 94 valence electrons. The second-order valence-electron chi connectivity index (χ2n) is 4.22. The first kappa shape index (κ1) is 13.4. The average molecular weight is 235 g/mol. The van der Waals surface area contributed by atoms with E-state index in [1.54, 1.807) is 12.1 Å². The molecular weight excluding hydrogens is 214 g/mol. The van der Waals surface area contributed by atoms with Gasteiger partial charge in [0, 0.05) is 18.7 Å². The highest BCUT2D eigenvalue weighted by atomic mass is 16.1. The number of nitrogens with zero attached hydrogens (tertiary/aromatic N) is 1. The van der Waals surface area contributed by atoms with E-state index in [1.807, 2.05) is 13.1 Å². The highest BCUT2D eigenvalue weighted by molar-refractivity contribution is 5.94. The molecule has 0 fully saturated rings. The fraction of sp³-hybridized carbons (Fsp3) is 0.462. The normalized spacial score (nSPS) is 10.6. The van der Waals surface area contributed by atoms with E-state index < -0.39 is 5.91 Å². The van der Waals surface area contributed by atoms with Gasteiger partial charge >= 0.3 is 0 Å². The highest BCUT2D eigenvalue weighted by Crippen LogP contribution is 2.26. The molecule has 1 aromatic carbocycles. The highest BCUT2D eigenvalue weighted by Gasteiger charge is 2.14. The largest absolute Gasteiger partial charge is 0.397 e. The number of hydrogen-bond donors (Lipinski definition) is 2. The van der Waals surface area contributed by atoms with Crippen molar-refractivity contribution in [2.45, 2.75) is 32.7 Å². The monoisotopic (exact) mass is 235 g/mol. The van der Waals surface area contributed by atoms with Gasteiger partial charge in [-0.2, -0.15) is 0 Å². The van der Waals surface area contributed by atoms with E-state index in [0.717, 1.165) is 18.5 Å². The van der Waals surface area contributed by atoms with Gasteiger partial charge in [0.25, 0.3) is 0 Å². The van der Waals surface area contributed by atoms with E-state index >= 15 is 0 Å². The number of nitrogen functional groups attached to an aromatic ring is 1. The fourth-order valence-electron chi connectivity index (χ4n) is 2.06. The number of amides is 1. The van der Waals surface area contributed by atoms with E-state index in [-0.39, 0.29) is 0 Å². The molecule has 0 aliphatic carbocycles. The summed E-state index contributed by atoms with van der Waals surface area (Å²) in [6.45, 7) is 4.30. The minimum Gasteiger partial charge on any atom is -0.397 e. The summed E-state index contributed by atoms with van der Waals surface area (Å²) in [6, 6.07) is 5.66. The van der Waals surface area contributed by atoms with Gasteiger partial charge in [-0.05, 0) is 31.0 Å². The molecule has 0 saturated heterocycles. The number of carbonyl (C=O) groups excluding carboxylic acids is 1. The maximum atomic E-state index is 11.0. The Morgan fingerprint density at radius 1 is 1.35 bits per heavy atom. The van der Waals surface area contributed by atoms with Crippen LogP contribution in [0.1, 0.15) is 37.0 Å². The van der Waals surface area contributed by atoms with Crippen molar-refractivity contribution >= 4 is 17.3 Å². The standard InChI is InChI=1S/C13H21N3O/c1-4-10(5-2)16(3)12-7-6-9(13(15)17)8-11(12)14/h6-8,10H,4-5,14H2,1-3H3,(H2,15,17). The molecule has 0 radical (unpaired) electrons. The van der Waals surface area contributed by atoms with Crippen LogP contribution >= 0.6 is 0 Å². The van der Waals surface area contributed by atoms with Crippen LogP contribution in [-0.2, 0) is 0 Å². The molecule has 0 aromatic heterocycles. The lowest BCUT2D eigenvalue weighted by molar-refractivity contribution is 0.100. The van der Waals surface area contributed by atoms with Gasteiger partial charge in [0.05, 0.1) is 11.4 Å². The Morgan fingerprint density at radius 2 is 1.94 bits per heavy atom. The maximum absolute atomic E-state index is 11.0. The predicted octanol–water partition coefficient (Wildman–Crippen LogP) is 1.99. The van der Waals surface area contributed by atoms with Gasteiger partial charge in [-0.3, -0.25) is 4.79 Å². The SMILES string of the molecule is CCC(CC)N(C)c1ccc(C(N)=O)cc1N. The third-order valence-corrected chi connectivity index (χ3v) is 3.18. The van der Waals surface area contributed by atoms with E-state index in [4.69, 9.17) is 11.5 Å². The molecule has 0 saturated carbocycles. The second kappa shape index (κ2) is 5.57. The molecule has 0 unspecified atom stereocenters. The smallest absolute Gasteiger partial charge is 0.248 e. The summed E-state index contributed by atoms with van der Waals surface area (Å²) < 4.78 is 0. The van der Waals surface area contributed by atoms with Crippen LogP contribution in [0.25, 0.3) is 0 Å². The summed E-state index contributed by atoms with van der Waals surface area (Å²) in [7, 11) is 2.02. The quantitative estimate of drug-likeness (QED) is 0.767. The Balaban J connectivity index is 3.03. The van der Waals surface area contributed by atoms with Crippen LogP contribution in [0, 0.1) is 0 Å². The Morgan fingerprint density at radius 3 is 2.35 bits per heavy atom. The number of carbonyl (C=O) groups is 1. The minimum atomic E-state index is -0.451. The topological polar surface area (TPSA) is 72.3 Å². The number of nitrogens with two attached hydrogens (primary N) is 2. The van der Waals surface area contributed by atoms with Crippen molar-refractivity contribution in [1.29, 1.82) is 0 Å². The van der Waals surface area contributed by atoms with Crippen LogP contribution in [0.15, 0.2) is 18.2 Å². The molecular formula is C13H21N3O. The molecule has 4 nitrogen and oxygen atoms in total. The molecule has 0 aliphatic rings. The van der Waals surface area contributed by atoms with E-state index in [1.165, 1.54) is 0 Å². The van der Waals surface area contributed by atoms with Gasteiger partial charge in [-0.25, -0.2) is 0 Å². The molecule has 17 heavy (non-hydrogen) atoms. The number of primary amides is 1. The summed E-state index contributed by atoms with van der Waals surface area (Å²) >= 11 is 0. The van der Waals surface area contributed by atoms with Crippen LogP contribution in [0.5, 0.6) is 0 Å². The Bertz CT molecular complexity index is 400. The molecule has 0 aliphatic heterocycles. The molecule has 0 bridgehead atoms. The lowest BCUT2D eigenvalue weighted by atomic mass is 10.1. The Labute approximate surface area is 103 Å². The summed E-state index contributed by atoms with van der Waals surface area (Å²) in [5.41, 5.74) is 13.2. The van der Waals surface area contributed by atoms with Crippen molar-refractivity contribution in [2.75, 3.05) is 17.7 Å². The van der Waals surface area contributed by atoms with Crippen molar-refractivity contribution in [2.24, 2.45) is 5.73 Å². The number of hydrogen-bond acceptors (Lipinski definition) is 3. The Hall–Kier alpha value is -1.71. The summed E-state index contributed by atoms with van der Waals surface area (Å²) in [5.74, 6) is -0.451. The van der Waals surface area contributed by atoms with Crippen molar-refractivity contribution in [3.8, 4) is 0 Å². The molecule has 0 heterocycles. The van der Waals surface area contributed by atoms with Crippen LogP contribution in [0.2, 0.25) is 0 Å². The average Bonchev–Trinajstić information content (AvgIpc) is 2.30. The molecule has 1 aromatic rings. The van der Waals surface area contributed by atoms with Crippen LogP contribution in [0.3, 0.4) is 0 Å². The zero-order chi connectivity index (χ0) is 13.0. The molecule has 0 spiro atoms. The van der Waals surface area contributed by atoms with Gasteiger partial charge in [0.2, 0.25) is 5.91 Å². The lowest BCUT2D eigenvalue weighted by Crippen LogP contribution is -2.31. The first-order valence-electron chi connectivity index (χ1n) is 5.93. The van der Waals surface area contributed by atoms with Gasteiger partial charge in [-0.1, -0.05) is 13.8 Å². The lowest BCUT2D eigenvalue weighted by Gasteiger charge is -2.29. The molecule has 4 heteroatoms. The van der Waals surface area contributed by atoms with Crippen LogP contribution in [-0.4, -0.2) is 19.0 Å². The van der Waals surface area contributed by atoms with Gasteiger partial charge < -0.3 is 16.4 Å². The van der Waals surface area contributed by atoms with Gasteiger partial charge in [-0.15, -0.1) is 0 Å². The van der Waals surface area contributed by atoms with E-state index in [0.29, 0.717) is 17.3 Å². The van der Waals surface area contributed by atoms with Crippen molar-refractivity contribution in [1.82, 2.24) is 0 Å². The summed E-state index contributed by atoms with van der Waals surface area (Å²) in [5, 5.41) is 0. The van der Waals surface area contributed by atoms with Crippen molar-refractivity contribution < 1.29 is 4.79 Å².